The SMILES string of the molecule is OC[C@@H]1[C@@H](c2ccc(Cl)cc2)n2ccnc2N[C@H]1c1ccc(C(F)(F)F)cc1. The van der Waals surface area contributed by atoms with Gasteiger partial charge in [0.05, 0.1) is 24.3 Å². The molecular weight excluding hydrogens is 391 g/mol. The van der Waals surface area contributed by atoms with Crippen LogP contribution in [0.2, 0.25) is 5.02 Å². The van der Waals surface area contributed by atoms with Gasteiger partial charge in [0.15, 0.2) is 0 Å². The molecule has 1 aromatic heterocycles. The van der Waals surface area contributed by atoms with Gasteiger partial charge in [0.25, 0.3) is 0 Å². The number of aliphatic hydroxyl groups is 1. The molecule has 0 aliphatic carbocycles. The highest BCUT2D eigenvalue weighted by Gasteiger charge is 2.38. The van der Waals surface area contributed by atoms with Gasteiger partial charge in [0.2, 0.25) is 5.95 Å². The van der Waals surface area contributed by atoms with Gasteiger partial charge in [-0.2, -0.15) is 13.2 Å². The van der Waals surface area contributed by atoms with E-state index in [1.807, 2.05) is 22.9 Å². The average molecular weight is 408 g/mol. The molecule has 2 aromatic carbocycles. The number of aliphatic hydroxyl groups excluding tert-OH is 1. The number of nitrogens with one attached hydrogen (secondary N) is 1. The lowest BCUT2D eigenvalue weighted by molar-refractivity contribution is -0.137. The van der Waals surface area contributed by atoms with Gasteiger partial charge in [0.1, 0.15) is 0 Å². The van der Waals surface area contributed by atoms with E-state index in [2.05, 4.69) is 10.3 Å². The molecule has 3 aromatic rings. The number of anilines is 1. The second-order valence-electron chi connectivity index (χ2n) is 6.74. The smallest absolute Gasteiger partial charge is 0.396 e. The molecule has 28 heavy (non-hydrogen) atoms. The summed E-state index contributed by atoms with van der Waals surface area (Å²) in [4.78, 5) is 4.32. The van der Waals surface area contributed by atoms with Crippen molar-refractivity contribution in [3.05, 3.63) is 82.6 Å². The highest BCUT2D eigenvalue weighted by molar-refractivity contribution is 6.30. The standard InChI is InChI=1S/C20H17ClF3N3O/c21-15-7-3-13(4-8-15)18-16(11-28)17(26-19-25-9-10-27(18)19)12-1-5-14(6-2-12)20(22,23)24/h1-10,16-18,28H,11H2,(H,25,26)/t16-,17-,18+/m0/s1. The molecule has 0 saturated carbocycles. The molecular formula is C20H17ClF3N3O. The van der Waals surface area contributed by atoms with Crippen molar-refractivity contribution in [1.29, 1.82) is 0 Å². The van der Waals surface area contributed by atoms with E-state index < -0.39 is 17.8 Å². The molecule has 0 amide bonds. The third kappa shape index (κ3) is 3.36. The van der Waals surface area contributed by atoms with Gasteiger partial charge in [-0.15, -0.1) is 0 Å². The quantitative estimate of drug-likeness (QED) is 0.648. The first kappa shape index (κ1) is 18.8. The highest BCUT2D eigenvalue weighted by atomic mass is 35.5. The summed E-state index contributed by atoms with van der Waals surface area (Å²) in [5.41, 5.74) is 0.879. The van der Waals surface area contributed by atoms with Gasteiger partial charge in [0, 0.05) is 23.3 Å². The first-order valence-corrected chi connectivity index (χ1v) is 9.09. The molecule has 146 valence electrons. The molecule has 1 aliphatic heterocycles. The van der Waals surface area contributed by atoms with Crippen molar-refractivity contribution in [2.75, 3.05) is 11.9 Å². The average Bonchev–Trinajstić information content (AvgIpc) is 3.15. The Bertz CT molecular complexity index is 954. The van der Waals surface area contributed by atoms with Crippen LogP contribution in [0.5, 0.6) is 0 Å². The van der Waals surface area contributed by atoms with E-state index in [1.165, 1.54) is 12.1 Å². The van der Waals surface area contributed by atoms with Crippen LogP contribution in [0.25, 0.3) is 0 Å². The van der Waals surface area contributed by atoms with Crippen molar-refractivity contribution in [3.63, 3.8) is 0 Å². The molecule has 0 radical (unpaired) electrons. The topological polar surface area (TPSA) is 50.1 Å². The fourth-order valence-corrected chi connectivity index (χ4v) is 3.89. The van der Waals surface area contributed by atoms with E-state index in [9.17, 15) is 18.3 Å². The maximum atomic E-state index is 12.9. The van der Waals surface area contributed by atoms with Crippen molar-refractivity contribution in [3.8, 4) is 0 Å². The maximum Gasteiger partial charge on any atom is 0.416 e. The maximum absolute atomic E-state index is 12.9. The summed E-state index contributed by atoms with van der Waals surface area (Å²) in [6.07, 6.45) is -0.931. The third-order valence-electron chi connectivity index (χ3n) is 5.11. The zero-order chi connectivity index (χ0) is 19.9. The molecule has 0 spiro atoms. The summed E-state index contributed by atoms with van der Waals surface area (Å²) < 4.78 is 40.6. The van der Waals surface area contributed by atoms with E-state index in [4.69, 9.17) is 11.6 Å². The lowest BCUT2D eigenvalue weighted by atomic mass is 9.82. The van der Waals surface area contributed by atoms with Crippen molar-refractivity contribution in [2.24, 2.45) is 5.92 Å². The van der Waals surface area contributed by atoms with Gasteiger partial charge in [-0.05, 0) is 35.4 Å². The molecule has 3 atom stereocenters. The van der Waals surface area contributed by atoms with Gasteiger partial charge in [-0.25, -0.2) is 4.98 Å². The van der Waals surface area contributed by atoms with Gasteiger partial charge < -0.3 is 15.0 Å². The molecule has 4 rings (SSSR count). The zero-order valence-corrected chi connectivity index (χ0v) is 15.3. The Morgan fingerprint density at radius 1 is 1.04 bits per heavy atom. The minimum absolute atomic E-state index is 0.163. The Hall–Kier alpha value is -2.51. The van der Waals surface area contributed by atoms with Crippen molar-refractivity contribution >= 4 is 17.5 Å². The summed E-state index contributed by atoms with van der Waals surface area (Å²) in [6.45, 7) is -0.163. The van der Waals surface area contributed by atoms with Crippen molar-refractivity contribution in [2.45, 2.75) is 18.3 Å². The largest absolute Gasteiger partial charge is 0.416 e. The van der Waals surface area contributed by atoms with E-state index in [0.717, 1.165) is 17.7 Å². The zero-order valence-electron chi connectivity index (χ0n) is 14.6. The van der Waals surface area contributed by atoms with Crippen LogP contribution >= 0.6 is 11.6 Å². The molecule has 2 heterocycles. The van der Waals surface area contributed by atoms with E-state index >= 15 is 0 Å². The molecule has 0 saturated heterocycles. The first-order chi connectivity index (χ1) is 13.4. The van der Waals surface area contributed by atoms with E-state index in [0.29, 0.717) is 16.5 Å². The fraction of sp³-hybridized carbons (Fsp3) is 0.250. The third-order valence-corrected chi connectivity index (χ3v) is 5.36. The second-order valence-corrected chi connectivity index (χ2v) is 7.18. The predicted molar refractivity (Wildman–Crippen MR) is 100 cm³/mol. The number of hydrogen-bond acceptors (Lipinski definition) is 3. The Morgan fingerprint density at radius 3 is 2.29 bits per heavy atom. The van der Waals surface area contributed by atoms with Crippen LogP contribution in [-0.4, -0.2) is 21.3 Å². The molecule has 0 fully saturated rings. The fourth-order valence-electron chi connectivity index (χ4n) is 3.77. The summed E-state index contributed by atoms with van der Waals surface area (Å²) >= 11 is 6.00. The number of aromatic nitrogens is 2. The molecule has 8 heteroatoms. The van der Waals surface area contributed by atoms with Gasteiger partial charge in [-0.1, -0.05) is 35.9 Å². The summed E-state index contributed by atoms with van der Waals surface area (Å²) in [5.74, 6) is 0.272. The Morgan fingerprint density at radius 2 is 1.68 bits per heavy atom. The number of alkyl halides is 3. The van der Waals surface area contributed by atoms with Gasteiger partial charge in [-0.3, -0.25) is 0 Å². The van der Waals surface area contributed by atoms with Crippen LogP contribution in [-0.2, 0) is 6.18 Å². The van der Waals surface area contributed by atoms with Crippen LogP contribution in [0.1, 0.15) is 28.8 Å². The molecule has 4 nitrogen and oxygen atoms in total. The summed E-state index contributed by atoms with van der Waals surface area (Å²) in [5, 5.41) is 14.0. The number of benzene rings is 2. The molecule has 2 N–H and O–H groups in total. The molecule has 1 aliphatic rings. The minimum atomic E-state index is -4.39. The van der Waals surface area contributed by atoms with Gasteiger partial charge >= 0.3 is 6.18 Å². The Balaban J connectivity index is 1.76. The minimum Gasteiger partial charge on any atom is -0.396 e. The number of rotatable bonds is 3. The van der Waals surface area contributed by atoms with Crippen molar-refractivity contribution in [1.82, 2.24) is 9.55 Å². The number of nitrogens with zero attached hydrogens (tertiary/aromatic N) is 2. The first-order valence-electron chi connectivity index (χ1n) is 8.71. The number of imidazole rings is 1. The highest BCUT2D eigenvalue weighted by Crippen LogP contribution is 2.43. The normalized spacial score (nSPS) is 21.8. The van der Waals surface area contributed by atoms with Crippen LogP contribution in [0.3, 0.4) is 0 Å². The Labute approximate surface area is 164 Å². The molecule has 0 unspecified atom stereocenters. The van der Waals surface area contributed by atoms with Crippen LogP contribution in [0, 0.1) is 5.92 Å². The number of halogens is 4. The van der Waals surface area contributed by atoms with E-state index in [-0.39, 0.29) is 18.6 Å². The predicted octanol–water partition coefficient (Wildman–Crippen LogP) is 4.92. The van der Waals surface area contributed by atoms with E-state index in [1.54, 1.807) is 18.3 Å². The molecule has 0 bridgehead atoms. The summed E-state index contributed by atoms with van der Waals surface area (Å²) in [7, 11) is 0. The monoisotopic (exact) mass is 407 g/mol. The number of hydrogen-bond donors (Lipinski definition) is 2. The summed E-state index contributed by atoms with van der Waals surface area (Å²) in [6, 6.07) is 11.7. The Kier molecular flexibility index (Phi) is 4.81. The second kappa shape index (κ2) is 7.14. The van der Waals surface area contributed by atoms with Crippen LogP contribution in [0.15, 0.2) is 60.9 Å². The lowest BCUT2D eigenvalue weighted by Gasteiger charge is -2.40. The number of fused-ring (bicyclic) bond motifs is 1. The van der Waals surface area contributed by atoms with Crippen LogP contribution in [0.4, 0.5) is 19.1 Å². The van der Waals surface area contributed by atoms with Crippen molar-refractivity contribution < 1.29 is 18.3 Å². The van der Waals surface area contributed by atoms with Crippen LogP contribution < -0.4 is 5.32 Å². The lowest BCUT2D eigenvalue weighted by Crippen LogP contribution is -2.38.